The molecule has 0 spiro atoms. The Hall–Kier alpha value is -4.15. The van der Waals surface area contributed by atoms with Crippen molar-refractivity contribution in [3.8, 4) is 0 Å². The second-order valence-electron chi connectivity index (χ2n) is 8.38. The van der Waals surface area contributed by atoms with Gasteiger partial charge < -0.3 is 25.8 Å². The fourth-order valence-electron chi connectivity index (χ4n) is 3.58. The molecule has 3 rings (SSSR count). The summed E-state index contributed by atoms with van der Waals surface area (Å²) in [4.78, 5) is 52.3. The summed E-state index contributed by atoms with van der Waals surface area (Å²) in [7, 11) is 0. The van der Waals surface area contributed by atoms with Gasteiger partial charge in [0.05, 0.1) is 0 Å². The van der Waals surface area contributed by atoms with Crippen LogP contribution in [0.15, 0.2) is 58.6 Å². The van der Waals surface area contributed by atoms with Crippen molar-refractivity contribution in [1.29, 1.82) is 0 Å². The van der Waals surface area contributed by atoms with E-state index in [4.69, 9.17) is 4.74 Å². The summed E-state index contributed by atoms with van der Waals surface area (Å²) in [5.41, 5.74) is 2.31. The highest BCUT2D eigenvalue weighted by Crippen LogP contribution is 2.22. The molecule has 1 aromatic carbocycles. The Morgan fingerprint density at radius 1 is 1.11 bits per heavy atom. The van der Waals surface area contributed by atoms with E-state index in [0.29, 0.717) is 43.8 Å². The number of alkyl carbamates (subject to hydrolysis) is 1. The minimum atomic E-state index is -1.34. The zero-order chi connectivity index (χ0) is 25.8. The Kier molecular flexibility index (Phi) is 10.0. The minimum Gasteiger partial charge on any atom is -0.480 e. The first-order valence-corrected chi connectivity index (χ1v) is 11.9. The third kappa shape index (κ3) is 8.90. The molecule has 1 heterocycles. The van der Waals surface area contributed by atoms with Gasteiger partial charge in [0, 0.05) is 31.6 Å². The predicted octanol–water partition coefficient (Wildman–Crippen LogP) is 1.37. The molecule has 0 bridgehead atoms. The van der Waals surface area contributed by atoms with Crippen LogP contribution < -0.4 is 21.3 Å². The summed E-state index contributed by atoms with van der Waals surface area (Å²) in [5.74, 6) is -1.30. The quantitative estimate of drug-likeness (QED) is 0.327. The average molecular weight is 498 g/mol. The van der Waals surface area contributed by atoms with Gasteiger partial charge in [0.25, 0.3) is 0 Å². The van der Waals surface area contributed by atoms with Crippen LogP contribution in [0.2, 0.25) is 0 Å². The molecule has 0 aromatic heterocycles. The Balaban J connectivity index is 1.40. The van der Waals surface area contributed by atoms with Gasteiger partial charge in [-0.1, -0.05) is 48.1 Å². The van der Waals surface area contributed by atoms with Crippen LogP contribution in [0, 0.1) is 0 Å². The lowest BCUT2D eigenvalue weighted by atomic mass is 9.94. The van der Waals surface area contributed by atoms with E-state index < -0.39 is 24.0 Å². The fraction of sp³-hybridized carbons (Fsp3) is 0.400. The number of nitrogens with one attached hydrogen (secondary N) is 4. The normalized spacial score (nSPS) is 15.7. The summed E-state index contributed by atoms with van der Waals surface area (Å²) in [6.07, 6.45) is 5.53. The second kappa shape index (κ2) is 13.7. The molecule has 0 saturated carbocycles. The first-order chi connectivity index (χ1) is 17.4. The molecule has 0 saturated heterocycles. The molecule has 36 heavy (non-hydrogen) atoms. The van der Waals surface area contributed by atoms with Crippen molar-refractivity contribution in [2.75, 3.05) is 19.6 Å². The van der Waals surface area contributed by atoms with E-state index in [-0.39, 0.29) is 19.1 Å². The number of aliphatic carboxylic acids is 1. The van der Waals surface area contributed by atoms with Gasteiger partial charge in [-0.15, -0.1) is 0 Å². The predicted molar refractivity (Wildman–Crippen MR) is 132 cm³/mol. The van der Waals surface area contributed by atoms with Crippen LogP contribution in [0.3, 0.4) is 0 Å². The van der Waals surface area contributed by atoms with Crippen LogP contribution in [0.5, 0.6) is 0 Å². The number of ether oxygens (including phenoxy) is 1. The van der Waals surface area contributed by atoms with Crippen molar-refractivity contribution in [3.63, 3.8) is 0 Å². The SMILES string of the molecule is O=C(CCC1=CC=C(C(=O)NC[C@H](NC(=O)OCc2ccccc2)C(=O)O)CC1)NC1=NCCCN1. The number of benzene rings is 1. The monoisotopic (exact) mass is 497 g/mol. The van der Waals surface area contributed by atoms with Crippen molar-refractivity contribution >= 4 is 29.8 Å². The molecule has 0 fully saturated rings. The number of carbonyl (C=O) groups is 4. The Morgan fingerprint density at radius 2 is 1.92 bits per heavy atom. The van der Waals surface area contributed by atoms with E-state index >= 15 is 0 Å². The number of carbonyl (C=O) groups excluding carboxylic acids is 3. The zero-order valence-electron chi connectivity index (χ0n) is 19.9. The molecule has 1 atom stereocenters. The zero-order valence-corrected chi connectivity index (χ0v) is 19.9. The van der Waals surface area contributed by atoms with Gasteiger partial charge >= 0.3 is 12.1 Å². The summed E-state index contributed by atoms with van der Waals surface area (Å²) < 4.78 is 5.04. The maximum absolute atomic E-state index is 12.5. The number of amides is 3. The first-order valence-electron chi connectivity index (χ1n) is 11.9. The van der Waals surface area contributed by atoms with Crippen molar-refractivity contribution < 1.29 is 29.0 Å². The molecular formula is C25H31N5O6. The van der Waals surface area contributed by atoms with Gasteiger partial charge in [-0.2, -0.15) is 0 Å². The molecule has 5 N–H and O–H groups in total. The highest BCUT2D eigenvalue weighted by Gasteiger charge is 2.23. The maximum Gasteiger partial charge on any atom is 0.408 e. The van der Waals surface area contributed by atoms with Crippen molar-refractivity contribution in [3.05, 3.63) is 59.2 Å². The highest BCUT2D eigenvalue weighted by atomic mass is 16.5. The molecule has 1 aliphatic carbocycles. The van der Waals surface area contributed by atoms with Gasteiger partial charge in [0.15, 0.2) is 5.96 Å². The van der Waals surface area contributed by atoms with E-state index in [9.17, 15) is 24.3 Å². The van der Waals surface area contributed by atoms with E-state index in [2.05, 4.69) is 26.3 Å². The molecule has 1 aromatic rings. The summed E-state index contributed by atoms with van der Waals surface area (Å²) in [6.45, 7) is 1.20. The Bertz CT molecular complexity index is 1050. The number of nitrogens with zero attached hydrogens (tertiary/aromatic N) is 1. The number of allylic oxidation sites excluding steroid dienone is 3. The summed E-state index contributed by atoms with van der Waals surface area (Å²) >= 11 is 0. The molecular weight excluding hydrogens is 466 g/mol. The second-order valence-corrected chi connectivity index (χ2v) is 8.38. The highest BCUT2D eigenvalue weighted by molar-refractivity contribution is 5.97. The molecule has 192 valence electrons. The van der Waals surface area contributed by atoms with E-state index in [1.807, 2.05) is 12.1 Å². The van der Waals surface area contributed by atoms with Crippen LogP contribution in [0.25, 0.3) is 0 Å². The molecule has 2 aliphatic rings. The number of rotatable bonds is 10. The minimum absolute atomic E-state index is 0.000224. The molecule has 3 amide bonds. The Morgan fingerprint density at radius 3 is 2.58 bits per heavy atom. The van der Waals surface area contributed by atoms with Crippen LogP contribution in [-0.2, 0) is 25.7 Å². The number of hydrogen-bond donors (Lipinski definition) is 5. The number of aliphatic imine (C=N–C) groups is 1. The molecule has 0 unspecified atom stereocenters. The molecule has 11 nitrogen and oxygen atoms in total. The molecule has 11 heteroatoms. The standard InChI is InChI=1S/C25H31N5O6/c31-21(30-24-26-13-4-14-27-24)12-9-17-7-10-19(11-8-17)22(32)28-15-20(23(33)34)29-25(35)36-16-18-5-2-1-3-6-18/h1-3,5-7,10,20H,4,8-9,11-16H2,(H,28,32)(H,29,35)(H,33,34)(H2,26,27,30,31)/t20-/m0/s1. The van der Waals surface area contributed by atoms with Gasteiger partial charge in [-0.25, -0.2) is 9.59 Å². The lowest BCUT2D eigenvalue weighted by Gasteiger charge is -2.18. The largest absolute Gasteiger partial charge is 0.480 e. The van der Waals surface area contributed by atoms with Crippen LogP contribution in [0.1, 0.15) is 37.7 Å². The van der Waals surface area contributed by atoms with E-state index in [1.165, 1.54) is 0 Å². The van der Waals surface area contributed by atoms with E-state index in [0.717, 1.165) is 24.1 Å². The maximum atomic E-state index is 12.5. The van der Waals surface area contributed by atoms with Crippen LogP contribution >= 0.6 is 0 Å². The lowest BCUT2D eigenvalue weighted by Crippen LogP contribution is -2.48. The van der Waals surface area contributed by atoms with Gasteiger partial charge in [-0.05, 0) is 31.2 Å². The van der Waals surface area contributed by atoms with Crippen molar-refractivity contribution in [1.82, 2.24) is 21.3 Å². The number of carboxylic acids is 1. The van der Waals surface area contributed by atoms with E-state index in [1.54, 1.807) is 30.3 Å². The summed E-state index contributed by atoms with van der Waals surface area (Å²) in [5, 5.41) is 20.0. The third-order valence-corrected chi connectivity index (χ3v) is 5.63. The third-order valence-electron chi connectivity index (χ3n) is 5.63. The number of carboxylic acid groups (broad SMARTS) is 1. The number of guanidine groups is 1. The first kappa shape index (κ1) is 26.5. The molecule has 0 radical (unpaired) electrons. The lowest BCUT2D eigenvalue weighted by molar-refractivity contribution is -0.139. The topological polar surface area (TPSA) is 158 Å². The van der Waals surface area contributed by atoms with Crippen LogP contribution in [0.4, 0.5) is 4.79 Å². The van der Waals surface area contributed by atoms with Crippen molar-refractivity contribution in [2.24, 2.45) is 4.99 Å². The van der Waals surface area contributed by atoms with Gasteiger partial charge in [0.2, 0.25) is 11.8 Å². The van der Waals surface area contributed by atoms with Crippen LogP contribution in [-0.4, -0.2) is 60.6 Å². The Labute approximate surface area is 209 Å². The summed E-state index contributed by atoms with van der Waals surface area (Å²) in [6, 6.07) is 7.64. The van der Waals surface area contributed by atoms with Gasteiger partial charge in [-0.3, -0.25) is 19.9 Å². The molecule has 1 aliphatic heterocycles. The smallest absolute Gasteiger partial charge is 0.408 e. The average Bonchev–Trinajstić information content (AvgIpc) is 2.90. The van der Waals surface area contributed by atoms with Gasteiger partial charge in [0.1, 0.15) is 12.6 Å². The fourth-order valence-corrected chi connectivity index (χ4v) is 3.58. The number of hydrogen-bond acceptors (Lipinski definition) is 7. The van der Waals surface area contributed by atoms with Crippen molar-refractivity contribution in [2.45, 2.75) is 44.8 Å².